The van der Waals surface area contributed by atoms with Crippen molar-refractivity contribution in [2.75, 3.05) is 7.11 Å². The van der Waals surface area contributed by atoms with E-state index in [-0.39, 0.29) is 0 Å². The molecule has 0 aliphatic heterocycles. The van der Waals surface area contributed by atoms with E-state index in [4.69, 9.17) is 4.74 Å². The maximum Gasteiger partial charge on any atom is 0.164 e. The molecular formula is C15H20N4O. The van der Waals surface area contributed by atoms with Crippen LogP contribution < -0.4 is 10.1 Å². The normalized spacial score (nSPS) is 21.5. The number of hydrogen-bond donors (Lipinski definition) is 1. The highest BCUT2D eigenvalue weighted by Gasteiger charge is 2.29. The lowest BCUT2D eigenvalue weighted by atomic mass is 9.76. The molecule has 106 valence electrons. The molecular weight excluding hydrogens is 252 g/mol. The quantitative estimate of drug-likeness (QED) is 0.902. The lowest BCUT2D eigenvalue weighted by Crippen LogP contribution is -2.39. The van der Waals surface area contributed by atoms with Crippen LogP contribution in [0.25, 0.3) is 0 Å². The summed E-state index contributed by atoms with van der Waals surface area (Å²) in [6.07, 6.45) is 4.09. The van der Waals surface area contributed by atoms with Crippen LogP contribution in [0, 0.1) is 0 Å². The van der Waals surface area contributed by atoms with Crippen LogP contribution in [-0.2, 0) is 13.6 Å². The van der Waals surface area contributed by atoms with Gasteiger partial charge in [-0.3, -0.25) is 4.68 Å². The van der Waals surface area contributed by atoms with E-state index in [9.17, 15) is 0 Å². The number of hydrogen-bond acceptors (Lipinski definition) is 4. The molecule has 1 fully saturated rings. The van der Waals surface area contributed by atoms with Gasteiger partial charge < -0.3 is 10.1 Å². The van der Waals surface area contributed by atoms with Crippen molar-refractivity contribution < 1.29 is 4.74 Å². The highest BCUT2D eigenvalue weighted by molar-refractivity contribution is 5.30. The molecule has 5 heteroatoms. The molecule has 1 aromatic carbocycles. The van der Waals surface area contributed by atoms with Crippen LogP contribution in [0.1, 0.15) is 30.1 Å². The SMILES string of the molecule is COc1ccc(C2CC(NCc3ncn(C)n3)C2)cc1. The molecule has 1 aliphatic rings. The predicted molar refractivity (Wildman–Crippen MR) is 76.6 cm³/mol. The Morgan fingerprint density at radius 2 is 2.05 bits per heavy atom. The van der Waals surface area contributed by atoms with Gasteiger partial charge in [0.1, 0.15) is 12.1 Å². The van der Waals surface area contributed by atoms with Gasteiger partial charge in [0.25, 0.3) is 0 Å². The summed E-state index contributed by atoms with van der Waals surface area (Å²) in [5, 5.41) is 7.77. The summed E-state index contributed by atoms with van der Waals surface area (Å²) in [6, 6.07) is 8.98. The number of methoxy groups -OCH3 is 1. The summed E-state index contributed by atoms with van der Waals surface area (Å²) in [6.45, 7) is 0.751. The predicted octanol–water partition coefficient (Wildman–Crippen LogP) is 1.86. The van der Waals surface area contributed by atoms with Crippen molar-refractivity contribution in [3.63, 3.8) is 0 Å². The molecule has 1 heterocycles. The van der Waals surface area contributed by atoms with Gasteiger partial charge in [0.15, 0.2) is 5.82 Å². The average Bonchev–Trinajstić information content (AvgIpc) is 2.83. The highest BCUT2D eigenvalue weighted by Crippen LogP contribution is 2.37. The number of aromatic nitrogens is 3. The zero-order chi connectivity index (χ0) is 13.9. The Morgan fingerprint density at radius 3 is 2.65 bits per heavy atom. The third kappa shape index (κ3) is 2.82. The van der Waals surface area contributed by atoms with Crippen molar-refractivity contribution >= 4 is 0 Å². The summed E-state index contributed by atoms with van der Waals surface area (Å²) in [4.78, 5) is 4.22. The standard InChI is InChI=1S/C15H20N4O/c1-19-10-17-15(18-19)9-16-13-7-12(8-13)11-3-5-14(20-2)6-4-11/h3-6,10,12-13,16H,7-9H2,1-2H3. The Balaban J connectivity index is 1.46. The summed E-state index contributed by atoms with van der Waals surface area (Å²) in [7, 11) is 3.59. The van der Waals surface area contributed by atoms with Crippen LogP contribution in [0.3, 0.4) is 0 Å². The summed E-state index contributed by atoms with van der Waals surface area (Å²) in [5.41, 5.74) is 1.40. The summed E-state index contributed by atoms with van der Waals surface area (Å²) >= 11 is 0. The monoisotopic (exact) mass is 272 g/mol. The largest absolute Gasteiger partial charge is 0.497 e. The van der Waals surface area contributed by atoms with Crippen LogP contribution in [0.2, 0.25) is 0 Å². The molecule has 0 spiro atoms. The van der Waals surface area contributed by atoms with Gasteiger partial charge in [-0.15, -0.1) is 0 Å². The molecule has 0 bridgehead atoms. The van der Waals surface area contributed by atoms with Crippen molar-refractivity contribution in [3.05, 3.63) is 42.0 Å². The molecule has 0 saturated heterocycles. The van der Waals surface area contributed by atoms with E-state index in [2.05, 4.69) is 27.5 Å². The molecule has 1 N–H and O–H groups in total. The number of nitrogens with one attached hydrogen (secondary N) is 1. The highest BCUT2D eigenvalue weighted by atomic mass is 16.5. The van der Waals surface area contributed by atoms with Crippen molar-refractivity contribution in [1.82, 2.24) is 20.1 Å². The van der Waals surface area contributed by atoms with Gasteiger partial charge >= 0.3 is 0 Å². The zero-order valence-electron chi connectivity index (χ0n) is 11.9. The van der Waals surface area contributed by atoms with Crippen molar-refractivity contribution in [2.45, 2.75) is 31.3 Å². The van der Waals surface area contributed by atoms with E-state index in [0.29, 0.717) is 12.0 Å². The molecule has 1 saturated carbocycles. The fourth-order valence-corrected chi connectivity index (χ4v) is 2.63. The lowest BCUT2D eigenvalue weighted by Gasteiger charge is -2.36. The van der Waals surface area contributed by atoms with Crippen molar-refractivity contribution in [2.24, 2.45) is 7.05 Å². The van der Waals surface area contributed by atoms with Gasteiger partial charge in [0, 0.05) is 13.1 Å². The van der Waals surface area contributed by atoms with E-state index in [0.717, 1.165) is 18.1 Å². The number of rotatable bonds is 5. The minimum absolute atomic E-state index is 0.575. The fraction of sp³-hybridized carbons (Fsp3) is 0.467. The summed E-state index contributed by atoms with van der Waals surface area (Å²) in [5.74, 6) is 2.44. The van der Waals surface area contributed by atoms with Gasteiger partial charge in [0.05, 0.1) is 13.7 Å². The van der Waals surface area contributed by atoms with Crippen LogP contribution in [-0.4, -0.2) is 27.9 Å². The average molecular weight is 272 g/mol. The Labute approximate surface area is 119 Å². The number of aryl methyl sites for hydroxylation is 1. The van der Waals surface area contributed by atoms with Crippen LogP contribution >= 0.6 is 0 Å². The fourth-order valence-electron chi connectivity index (χ4n) is 2.63. The Hall–Kier alpha value is -1.88. The Kier molecular flexibility index (Phi) is 3.69. The molecule has 0 amide bonds. The summed E-state index contributed by atoms with van der Waals surface area (Å²) < 4.78 is 6.92. The van der Waals surface area contributed by atoms with Crippen LogP contribution in [0.5, 0.6) is 5.75 Å². The maximum atomic E-state index is 5.18. The van der Waals surface area contributed by atoms with Crippen LogP contribution in [0.15, 0.2) is 30.6 Å². The molecule has 1 aliphatic carbocycles. The molecule has 5 nitrogen and oxygen atoms in total. The molecule has 2 aromatic rings. The second-order valence-electron chi connectivity index (χ2n) is 5.35. The number of benzene rings is 1. The van der Waals surface area contributed by atoms with E-state index in [1.807, 2.05) is 19.2 Å². The van der Waals surface area contributed by atoms with Gasteiger partial charge in [0.2, 0.25) is 0 Å². The number of nitrogens with zero attached hydrogens (tertiary/aromatic N) is 3. The van der Waals surface area contributed by atoms with Gasteiger partial charge in [-0.2, -0.15) is 5.10 Å². The minimum atomic E-state index is 0.575. The Morgan fingerprint density at radius 1 is 1.30 bits per heavy atom. The van der Waals surface area contributed by atoms with Gasteiger partial charge in [-0.05, 0) is 36.5 Å². The van der Waals surface area contributed by atoms with E-state index in [1.165, 1.54) is 18.4 Å². The maximum absolute atomic E-state index is 5.18. The first-order valence-electron chi connectivity index (χ1n) is 6.96. The molecule has 1 aromatic heterocycles. The first-order valence-corrected chi connectivity index (χ1v) is 6.96. The van der Waals surface area contributed by atoms with E-state index >= 15 is 0 Å². The minimum Gasteiger partial charge on any atom is -0.497 e. The zero-order valence-corrected chi connectivity index (χ0v) is 11.9. The molecule has 0 radical (unpaired) electrons. The van der Waals surface area contributed by atoms with Crippen molar-refractivity contribution in [3.8, 4) is 5.75 Å². The smallest absolute Gasteiger partial charge is 0.164 e. The van der Waals surface area contributed by atoms with E-state index in [1.54, 1.807) is 18.1 Å². The molecule has 3 rings (SSSR count). The lowest BCUT2D eigenvalue weighted by molar-refractivity contribution is 0.287. The molecule has 20 heavy (non-hydrogen) atoms. The van der Waals surface area contributed by atoms with E-state index < -0.39 is 0 Å². The topological polar surface area (TPSA) is 52.0 Å². The first kappa shape index (κ1) is 13.1. The third-order valence-electron chi connectivity index (χ3n) is 3.92. The third-order valence-corrected chi connectivity index (χ3v) is 3.92. The van der Waals surface area contributed by atoms with Crippen molar-refractivity contribution in [1.29, 1.82) is 0 Å². The second-order valence-corrected chi connectivity index (χ2v) is 5.35. The van der Waals surface area contributed by atoms with Gasteiger partial charge in [-0.1, -0.05) is 12.1 Å². The van der Waals surface area contributed by atoms with Gasteiger partial charge in [-0.25, -0.2) is 4.98 Å². The first-order chi connectivity index (χ1) is 9.74. The van der Waals surface area contributed by atoms with Crippen LogP contribution in [0.4, 0.5) is 0 Å². The Bertz CT molecular complexity index is 558. The molecule has 0 atom stereocenters. The number of ether oxygens (including phenoxy) is 1. The second kappa shape index (κ2) is 5.63. The molecule has 0 unspecified atom stereocenters.